The maximum Gasteiger partial charge on any atom is 0.263 e. The number of amides is 1. The van der Waals surface area contributed by atoms with Crippen molar-refractivity contribution in [3.05, 3.63) is 58.1 Å². The van der Waals surface area contributed by atoms with Gasteiger partial charge in [0.25, 0.3) is 5.91 Å². The highest BCUT2D eigenvalue weighted by Gasteiger charge is 2.37. The molecule has 2 aromatic rings. The number of para-hydroxylation sites is 2. The molecule has 3 rings (SSSR count). The fourth-order valence-corrected chi connectivity index (χ4v) is 5.63. The number of hydrogen-bond donors (Lipinski definition) is 0. The average molecular weight is 472 g/mol. The van der Waals surface area contributed by atoms with Crippen LogP contribution in [0.3, 0.4) is 0 Å². The minimum Gasteiger partial charge on any atom is -0.493 e. The highest BCUT2D eigenvalue weighted by atomic mass is 35.5. The Morgan fingerprint density at radius 1 is 1.20 bits per heavy atom. The lowest BCUT2D eigenvalue weighted by Gasteiger charge is -2.31. The first-order valence-corrected chi connectivity index (χ1v) is 12.0. The molecule has 0 aliphatic carbocycles. The smallest absolute Gasteiger partial charge is 0.263 e. The molecular formula is C21H23Cl2NO5S. The molecule has 162 valence electrons. The molecule has 0 aromatic heterocycles. The molecule has 0 spiro atoms. The van der Waals surface area contributed by atoms with E-state index in [1.165, 1.54) is 7.11 Å². The first kappa shape index (κ1) is 22.7. The van der Waals surface area contributed by atoms with Crippen LogP contribution in [0, 0.1) is 0 Å². The zero-order valence-electron chi connectivity index (χ0n) is 16.7. The second-order valence-corrected chi connectivity index (χ2v) is 10.2. The van der Waals surface area contributed by atoms with Crippen LogP contribution in [-0.2, 0) is 21.2 Å². The molecule has 9 heteroatoms. The highest BCUT2D eigenvalue weighted by molar-refractivity contribution is 7.91. The molecule has 6 nitrogen and oxygen atoms in total. The Labute approximate surface area is 186 Å². The molecule has 1 aliphatic heterocycles. The van der Waals surface area contributed by atoms with Gasteiger partial charge in [0, 0.05) is 22.6 Å². The number of hydrogen-bond acceptors (Lipinski definition) is 5. The van der Waals surface area contributed by atoms with Gasteiger partial charge < -0.3 is 14.4 Å². The van der Waals surface area contributed by atoms with E-state index in [-0.39, 0.29) is 24.0 Å². The van der Waals surface area contributed by atoms with E-state index in [9.17, 15) is 13.2 Å². The molecule has 0 radical (unpaired) electrons. The van der Waals surface area contributed by atoms with Gasteiger partial charge >= 0.3 is 0 Å². The largest absolute Gasteiger partial charge is 0.493 e. The van der Waals surface area contributed by atoms with Gasteiger partial charge in [0.2, 0.25) is 0 Å². The van der Waals surface area contributed by atoms with Gasteiger partial charge in [-0.1, -0.05) is 41.4 Å². The summed E-state index contributed by atoms with van der Waals surface area (Å²) in [4.78, 5) is 14.9. The van der Waals surface area contributed by atoms with Crippen LogP contribution < -0.4 is 9.47 Å². The van der Waals surface area contributed by atoms with E-state index >= 15 is 0 Å². The van der Waals surface area contributed by atoms with Crippen LogP contribution in [0.25, 0.3) is 0 Å². The van der Waals surface area contributed by atoms with Crippen LogP contribution in [0.1, 0.15) is 18.9 Å². The summed E-state index contributed by atoms with van der Waals surface area (Å²) >= 11 is 12.3. The van der Waals surface area contributed by atoms with E-state index in [4.69, 9.17) is 32.7 Å². The van der Waals surface area contributed by atoms with Crippen molar-refractivity contribution in [3.63, 3.8) is 0 Å². The predicted octanol–water partition coefficient (Wildman–Crippen LogP) is 3.99. The first-order chi connectivity index (χ1) is 14.2. The summed E-state index contributed by atoms with van der Waals surface area (Å²) in [5, 5.41) is 0.900. The molecule has 0 bridgehead atoms. The number of benzene rings is 2. The van der Waals surface area contributed by atoms with Crippen molar-refractivity contribution in [2.24, 2.45) is 0 Å². The fourth-order valence-electron chi connectivity index (χ4n) is 3.43. The van der Waals surface area contributed by atoms with Gasteiger partial charge in [-0.15, -0.1) is 0 Å². The Hall–Kier alpha value is -1.96. The van der Waals surface area contributed by atoms with Crippen molar-refractivity contribution in [2.45, 2.75) is 32.0 Å². The molecule has 1 aliphatic rings. The van der Waals surface area contributed by atoms with Crippen LogP contribution in [-0.4, -0.2) is 50.0 Å². The molecule has 0 N–H and O–H groups in total. The SMILES string of the molecule is COc1ccccc1OC(C)C(=O)N(Cc1ccc(Cl)cc1Cl)C1CCS(=O)(=O)C1. The van der Waals surface area contributed by atoms with Crippen molar-refractivity contribution < 1.29 is 22.7 Å². The van der Waals surface area contributed by atoms with E-state index in [2.05, 4.69) is 0 Å². The molecule has 1 saturated heterocycles. The molecule has 1 amide bonds. The first-order valence-electron chi connectivity index (χ1n) is 9.44. The van der Waals surface area contributed by atoms with Crippen molar-refractivity contribution in [3.8, 4) is 11.5 Å². The summed E-state index contributed by atoms with van der Waals surface area (Å²) in [5.41, 5.74) is 0.684. The molecule has 30 heavy (non-hydrogen) atoms. The third-order valence-electron chi connectivity index (χ3n) is 5.01. The lowest BCUT2D eigenvalue weighted by Crippen LogP contribution is -2.46. The molecule has 2 atom stereocenters. The molecule has 0 saturated carbocycles. The number of ether oxygens (including phenoxy) is 2. The van der Waals surface area contributed by atoms with E-state index in [1.807, 2.05) is 0 Å². The van der Waals surface area contributed by atoms with E-state index in [0.717, 1.165) is 0 Å². The van der Waals surface area contributed by atoms with Crippen LogP contribution in [0.5, 0.6) is 11.5 Å². The summed E-state index contributed by atoms with van der Waals surface area (Å²) in [7, 11) is -1.67. The highest BCUT2D eigenvalue weighted by Crippen LogP contribution is 2.29. The van der Waals surface area contributed by atoms with Crippen LogP contribution in [0.4, 0.5) is 0 Å². The summed E-state index contributed by atoms with van der Waals surface area (Å²) < 4.78 is 35.2. The zero-order valence-corrected chi connectivity index (χ0v) is 19.0. The van der Waals surface area contributed by atoms with E-state index in [1.54, 1.807) is 54.3 Å². The number of carbonyl (C=O) groups is 1. The Balaban J connectivity index is 1.85. The second-order valence-electron chi connectivity index (χ2n) is 7.17. The summed E-state index contributed by atoms with van der Waals surface area (Å²) in [5.74, 6) is 0.592. The minimum atomic E-state index is -3.19. The van der Waals surface area contributed by atoms with Gasteiger partial charge in [-0.3, -0.25) is 4.79 Å². The van der Waals surface area contributed by atoms with E-state index < -0.39 is 22.0 Å². The quantitative estimate of drug-likeness (QED) is 0.610. The van der Waals surface area contributed by atoms with Gasteiger partial charge in [0.1, 0.15) is 0 Å². The monoisotopic (exact) mass is 471 g/mol. The maximum absolute atomic E-state index is 13.3. The van der Waals surface area contributed by atoms with Crippen LogP contribution in [0.2, 0.25) is 10.0 Å². The molecule has 1 heterocycles. The normalized spacial score (nSPS) is 18.6. The third-order valence-corrected chi connectivity index (χ3v) is 7.35. The lowest BCUT2D eigenvalue weighted by atomic mass is 10.1. The topological polar surface area (TPSA) is 72.9 Å². The van der Waals surface area contributed by atoms with E-state index in [0.29, 0.717) is 33.5 Å². The van der Waals surface area contributed by atoms with Gasteiger partial charge in [-0.2, -0.15) is 0 Å². The number of halogens is 2. The number of methoxy groups -OCH3 is 1. The summed E-state index contributed by atoms with van der Waals surface area (Å²) in [6.07, 6.45) is -0.476. The third kappa shape index (κ3) is 5.39. The number of rotatable bonds is 7. The Morgan fingerprint density at radius 3 is 2.50 bits per heavy atom. The zero-order chi connectivity index (χ0) is 21.9. The Morgan fingerprint density at radius 2 is 1.90 bits per heavy atom. The van der Waals surface area contributed by atoms with Gasteiger partial charge in [-0.25, -0.2) is 8.42 Å². The fraction of sp³-hybridized carbons (Fsp3) is 0.381. The average Bonchev–Trinajstić information content (AvgIpc) is 3.06. The molecule has 1 fully saturated rings. The molecule has 2 unspecified atom stereocenters. The van der Waals surface area contributed by atoms with Crippen molar-refractivity contribution >= 4 is 38.9 Å². The van der Waals surface area contributed by atoms with Crippen molar-refractivity contribution in [1.29, 1.82) is 0 Å². The van der Waals surface area contributed by atoms with Crippen molar-refractivity contribution in [1.82, 2.24) is 4.90 Å². The minimum absolute atomic E-state index is 0.0531. The van der Waals surface area contributed by atoms with Crippen LogP contribution >= 0.6 is 23.2 Å². The van der Waals surface area contributed by atoms with Crippen molar-refractivity contribution in [2.75, 3.05) is 18.6 Å². The Kier molecular flexibility index (Phi) is 7.16. The molecule has 2 aromatic carbocycles. The van der Waals surface area contributed by atoms with Gasteiger partial charge in [0.05, 0.1) is 18.6 Å². The number of nitrogens with zero attached hydrogens (tertiary/aromatic N) is 1. The summed E-state index contributed by atoms with van der Waals surface area (Å²) in [6.45, 7) is 1.79. The van der Waals surface area contributed by atoms with Gasteiger partial charge in [0.15, 0.2) is 27.4 Å². The standard InChI is InChI=1S/C21H23Cl2NO5S/c1-14(29-20-6-4-3-5-19(20)28-2)21(25)24(17-9-10-30(26,27)13-17)12-15-7-8-16(22)11-18(15)23/h3-8,11,14,17H,9-10,12-13H2,1-2H3. The Bertz CT molecular complexity index is 1030. The number of carbonyl (C=O) groups excluding carboxylic acids is 1. The lowest BCUT2D eigenvalue weighted by molar-refractivity contribution is -0.140. The van der Waals surface area contributed by atoms with Gasteiger partial charge in [-0.05, 0) is 43.2 Å². The number of sulfone groups is 1. The predicted molar refractivity (Wildman–Crippen MR) is 117 cm³/mol. The molecular weight excluding hydrogens is 449 g/mol. The summed E-state index contributed by atoms with van der Waals surface area (Å²) in [6, 6.07) is 11.6. The van der Waals surface area contributed by atoms with Crippen LogP contribution in [0.15, 0.2) is 42.5 Å². The maximum atomic E-state index is 13.3. The second kappa shape index (κ2) is 9.45.